The van der Waals surface area contributed by atoms with E-state index in [0.29, 0.717) is 24.5 Å². The third-order valence-electron chi connectivity index (χ3n) is 7.14. The minimum atomic E-state index is 0.352. The molecule has 1 atom stereocenters. The standard InChI is InChI=1S/C21H39N3O/c1-4-18(3)24-14-13-23(16-21(24)25)20-7-5-19(6-8-20)15-22-11-9-17(2)10-12-22/h17-20H,4-16H2,1-3H3. The predicted octanol–water partition coefficient (Wildman–Crippen LogP) is 3.22. The highest BCUT2D eigenvalue weighted by molar-refractivity contribution is 5.79. The van der Waals surface area contributed by atoms with Crippen LogP contribution in [0.4, 0.5) is 0 Å². The summed E-state index contributed by atoms with van der Waals surface area (Å²) >= 11 is 0. The molecule has 1 saturated carbocycles. The second-order valence-corrected chi connectivity index (χ2v) is 8.97. The average Bonchev–Trinajstić information content (AvgIpc) is 2.63. The van der Waals surface area contributed by atoms with Crippen LogP contribution >= 0.6 is 0 Å². The van der Waals surface area contributed by atoms with Crippen molar-refractivity contribution in [2.45, 2.75) is 77.8 Å². The number of hydrogen-bond donors (Lipinski definition) is 0. The number of amides is 1. The first-order valence-corrected chi connectivity index (χ1v) is 10.8. The SMILES string of the molecule is CCC(C)N1CCN(C2CCC(CN3CCC(C)CC3)CC2)CC1=O. The number of hydrogen-bond acceptors (Lipinski definition) is 3. The van der Waals surface area contributed by atoms with Crippen LogP contribution in [0.15, 0.2) is 0 Å². The van der Waals surface area contributed by atoms with Crippen molar-refractivity contribution in [3.05, 3.63) is 0 Å². The van der Waals surface area contributed by atoms with Crippen molar-refractivity contribution in [1.29, 1.82) is 0 Å². The van der Waals surface area contributed by atoms with E-state index in [-0.39, 0.29) is 0 Å². The van der Waals surface area contributed by atoms with Crippen molar-refractivity contribution in [1.82, 2.24) is 14.7 Å². The minimum absolute atomic E-state index is 0.352. The van der Waals surface area contributed by atoms with E-state index in [9.17, 15) is 4.79 Å². The Balaban J connectivity index is 1.40. The summed E-state index contributed by atoms with van der Waals surface area (Å²) in [7, 11) is 0. The fourth-order valence-corrected chi connectivity index (χ4v) is 5.01. The maximum atomic E-state index is 12.5. The lowest BCUT2D eigenvalue weighted by Crippen LogP contribution is -2.56. The van der Waals surface area contributed by atoms with Gasteiger partial charge in [0, 0.05) is 31.7 Å². The Morgan fingerprint density at radius 3 is 2.28 bits per heavy atom. The van der Waals surface area contributed by atoms with Crippen molar-refractivity contribution in [2.24, 2.45) is 11.8 Å². The molecule has 0 aromatic rings. The Kier molecular flexibility index (Phi) is 6.79. The molecule has 2 heterocycles. The van der Waals surface area contributed by atoms with Crippen molar-refractivity contribution >= 4 is 5.91 Å². The van der Waals surface area contributed by atoms with Gasteiger partial charge in [-0.05, 0) is 76.8 Å². The van der Waals surface area contributed by atoms with E-state index < -0.39 is 0 Å². The van der Waals surface area contributed by atoms with E-state index >= 15 is 0 Å². The summed E-state index contributed by atoms with van der Waals surface area (Å²) in [6, 6.07) is 1.05. The van der Waals surface area contributed by atoms with E-state index in [1.54, 1.807) is 0 Å². The molecule has 0 N–H and O–H groups in total. The molecule has 144 valence electrons. The van der Waals surface area contributed by atoms with Gasteiger partial charge in [-0.2, -0.15) is 0 Å². The van der Waals surface area contributed by atoms with Gasteiger partial charge in [-0.25, -0.2) is 0 Å². The number of piperazine rings is 1. The molecule has 0 bridgehead atoms. The molecule has 0 aromatic heterocycles. The van der Waals surface area contributed by atoms with Gasteiger partial charge < -0.3 is 9.80 Å². The van der Waals surface area contributed by atoms with Crippen LogP contribution in [0.3, 0.4) is 0 Å². The van der Waals surface area contributed by atoms with Gasteiger partial charge in [0.15, 0.2) is 0 Å². The molecule has 3 aliphatic rings. The van der Waals surface area contributed by atoms with E-state index in [1.165, 1.54) is 58.2 Å². The Bertz CT molecular complexity index is 425. The van der Waals surface area contributed by atoms with Crippen LogP contribution in [0, 0.1) is 11.8 Å². The smallest absolute Gasteiger partial charge is 0.237 e. The lowest BCUT2D eigenvalue weighted by Gasteiger charge is -2.43. The van der Waals surface area contributed by atoms with Gasteiger partial charge in [0.2, 0.25) is 5.91 Å². The van der Waals surface area contributed by atoms with Crippen LogP contribution in [0.5, 0.6) is 0 Å². The van der Waals surface area contributed by atoms with Crippen molar-refractivity contribution < 1.29 is 4.79 Å². The summed E-state index contributed by atoms with van der Waals surface area (Å²) in [6.07, 6.45) is 9.14. The zero-order valence-electron chi connectivity index (χ0n) is 16.8. The largest absolute Gasteiger partial charge is 0.338 e. The zero-order valence-corrected chi connectivity index (χ0v) is 16.8. The molecule has 0 radical (unpaired) electrons. The number of carbonyl (C=O) groups is 1. The third kappa shape index (κ3) is 4.97. The second kappa shape index (κ2) is 8.85. The van der Waals surface area contributed by atoms with E-state index in [0.717, 1.165) is 31.3 Å². The summed E-state index contributed by atoms with van der Waals surface area (Å²) in [4.78, 5) is 19.8. The number of rotatable bonds is 5. The van der Waals surface area contributed by atoms with Crippen LogP contribution in [-0.4, -0.2) is 72.0 Å². The topological polar surface area (TPSA) is 26.8 Å². The summed E-state index contributed by atoms with van der Waals surface area (Å²) < 4.78 is 0. The third-order valence-corrected chi connectivity index (χ3v) is 7.14. The molecular formula is C21H39N3O. The van der Waals surface area contributed by atoms with Gasteiger partial charge in [0.05, 0.1) is 6.54 Å². The average molecular weight is 350 g/mol. The molecule has 1 aliphatic carbocycles. The molecule has 3 fully saturated rings. The van der Waals surface area contributed by atoms with E-state index in [2.05, 4.69) is 35.5 Å². The molecular weight excluding hydrogens is 310 g/mol. The Morgan fingerprint density at radius 2 is 1.68 bits per heavy atom. The second-order valence-electron chi connectivity index (χ2n) is 8.97. The summed E-state index contributed by atoms with van der Waals surface area (Å²) in [5.41, 5.74) is 0. The van der Waals surface area contributed by atoms with Gasteiger partial charge in [-0.15, -0.1) is 0 Å². The van der Waals surface area contributed by atoms with Crippen LogP contribution in [-0.2, 0) is 4.79 Å². The first kappa shape index (κ1) is 19.2. The molecule has 0 spiro atoms. The van der Waals surface area contributed by atoms with Gasteiger partial charge in [0.1, 0.15) is 0 Å². The van der Waals surface area contributed by atoms with Crippen LogP contribution < -0.4 is 0 Å². The fourth-order valence-electron chi connectivity index (χ4n) is 5.01. The maximum Gasteiger partial charge on any atom is 0.237 e. The van der Waals surface area contributed by atoms with Gasteiger partial charge in [-0.1, -0.05) is 13.8 Å². The van der Waals surface area contributed by atoms with Crippen molar-refractivity contribution in [3.8, 4) is 0 Å². The van der Waals surface area contributed by atoms with Gasteiger partial charge >= 0.3 is 0 Å². The molecule has 2 saturated heterocycles. The summed E-state index contributed by atoms with van der Waals surface area (Å²) in [6.45, 7) is 13.4. The molecule has 4 nitrogen and oxygen atoms in total. The molecule has 25 heavy (non-hydrogen) atoms. The Labute approximate surface area is 154 Å². The molecule has 3 rings (SSSR count). The lowest BCUT2D eigenvalue weighted by atomic mass is 9.84. The monoisotopic (exact) mass is 349 g/mol. The van der Waals surface area contributed by atoms with E-state index in [1.807, 2.05) is 0 Å². The first-order valence-electron chi connectivity index (χ1n) is 10.8. The quantitative estimate of drug-likeness (QED) is 0.762. The van der Waals surface area contributed by atoms with Crippen LogP contribution in [0.25, 0.3) is 0 Å². The normalized spacial score (nSPS) is 32.1. The van der Waals surface area contributed by atoms with Crippen LogP contribution in [0.2, 0.25) is 0 Å². The Morgan fingerprint density at radius 1 is 1.00 bits per heavy atom. The highest BCUT2D eigenvalue weighted by atomic mass is 16.2. The molecule has 1 unspecified atom stereocenters. The highest BCUT2D eigenvalue weighted by Gasteiger charge is 2.33. The van der Waals surface area contributed by atoms with Crippen molar-refractivity contribution in [3.63, 3.8) is 0 Å². The number of piperidine rings is 1. The number of likely N-dealkylation sites (tertiary alicyclic amines) is 1. The minimum Gasteiger partial charge on any atom is -0.338 e. The molecule has 2 aliphatic heterocycles. The van der Waals surface area contributed by atoms with Gasteiger partial charge in [0.25, 0.3) is 0 Å². The Hall–Kier alpha value is -0.610. The van der Waals surface area contributed by atoms with E-state index in [4.69, 9.17) is 0 Å². The summed E-state index contributed by atoms with van der Waals surface area (Å²) in [5, 5.41) is 0. The zero-order chi connectivity index (χ0) is 17.8. The number of nitrogens with zero attached hydrogens (tertiary/aromatic N) is 3. The van der Waals surface area contributed by atoms with Crippen molar-refractivity contribution in [2.75, 3.05) is 39.3 Å². The molecule has 1 amide bonds. The fraction of sp³-hybridized carbons (Fsp3) is 0.952. The predicted molar refractivity (Wildman–Crippen MR) is 104 cm³/mol. The molecule has 4 heteroatoms. The number of carbonyl (C=O) groups excluding carboxylic acids is 1. The van der Waals surface area contributed by atoms with Crippen LogP contribution in [0.1, 0.15) is 65.7 Å². The highest BCUT2D eigenvalue weighted by Crippen LogP contribution is 2.30. The maximum absolute atomic E-state index is 12.5. The molecule has 0 aromatic carbocycles. The van der Waals surface area contributed by atoms with Gasteiger partial charge in [-0.3, -0.25) is 9.69 Å². The lowest BCUT2D eigenvalue weighted by molar-refractivity contribution is -0.139. The first-order chi connectivity index (χ1) is 12.1. The summed E-state index contributed by atoms with van der Waals surface area (Å²) in [5.74, 6) is 2.17.